The van der Waals surface area contributed by atoms with Crippen molar-refractivity contribution >= 4 is 61.7 Å². The van der Waals surface area contributed by atoms with Gasteiger partial charge < -0.3 is 4.42 Å². The smallest absolute Gasteiger partial charge is 0.266 e. The number of sulfone groups is 1. The third-order valence-electron chi connectivity index (χ3n) is 4.43. The Hall–Kier alpha value is -1.61. The van der Waals surface area contributed by atoms with Gasteiger partial charge in [0, 0.05) is 16.7 Å². The van der Waals surface area contributed by atoms with Crippen LogP contribution in [0.25, 0.3) is 17.4 Å². The van der Waals surface area contributed by atoms with Gasteiger partial charge in [0.2, 0.25) is 0 Å². The van der Waals surface area contributed by atoms with Crippen molar-refractivity contribution in [2.24, 2.45) is 0 Å². The van der Waals surface area contributed by atoms with Gasteiger partial charge in [0.15, 0.2) is 9.84 Å². The van der Waals surface area contributed by atoms with Crippen LogP contribution in [0.3, 0.4) is 0 Å². The SMILES string of the molecule is O=C1/C(=C/c2ccc(-c3ccc(Cl)cc3)o2)SC(=S)N1[C@@H]1CCS(=O)(=O)C1. The fraction of sp³-hybridized carbons (Fsp3) is 0.222. The number of furan rings is 1. The van der Waals surface area contributed by atoms with E-state index in [-0.39, 0.29) is 23.5 Å². The Morgan fingerprint density at radius 2 is 1.96 bits per heavy atom. The van der Waals surface area contributed by atoms with Crippen LogP contribution < -0.4 is 0 Å². The molecule has 2 saturated heterocycles. The molecule has 1 aromatic carbocycles. The lowest BCUT2D eigenvalue weighted by molar-refractivity contribution is -0.123. The highest BCUT2D eigenvalue weighted by atomic mass is 35.5. The lowest BCUT2D eigenvalue weighted by Crippen LogP contribution is -2.39. The molecule has 3 heterocycles. The molecule has 0 spiro atoms. The molecule has 140 valence electrons. The highest BCUT2D eigenvalue weighted by molar-refractivity contribution is 8.26. The van der Waals surface area contributed by atoms with Crippen LogP contribution in [-0.2, 0) is 14.6 Å². The van der Waals surface area contributed by atoms with Gasteiger partial charge in [-0.15, -0.1) is 0 Å². The van der Waals surface area contributed by atoms with E-state index >= 15 is 0 Å². The van der Waals surface area contributed by atoms with E-state index in [9.17, 15) is 13.2 Å². The number of carbonyl (C=O) groups excluding carboxylic acids is 1. The van der Waals surface area contributed by atoms with Gasteiger partial charge in [0.05, 0.1) is 22.5 Å². The topological polar surface area (TPSA) is 67.6 Å². The number of hydrogen-bond donors (Lipinski definition) is 0. The normalized spacial score (nSPS) is 23.5. The zero-order chi connectivity index (χ0) is 19.2. The Morgan fingerprint density at radius 3 is 2.63 bits per heavy atom. The summed E-state index contributed by atoms with van der Waals surface area (Å²) in [5, 5.41) is 0.642. The minimum absolute atomic E-state index is 0.0335. The zero-order valence-corrected chi connectivity index (χ0v) is 17.1. The molecule has 9 heteroatoms. The molecular weight excluding hydrogens is 426 g/mol. The second-order valence-corrected chi connectivity index (χ2v) is 10.7. The summed E-state index contributed by atoms with van der Waals surface area (Å²) >= 11 is 12.4. The van der Waals surface area contributed by atoms with Crippen molar-refractivity contribution in [2.75, 3.05) is 11.5 Å². The van der Waals surface area contributed by atoms with Crippen LogP contribution in [0.1, 0.15) is 12.2 Å². The fourth-order valence-electron chi connectivity index (χ4n) is 3.10. The largest absolute Gasteiger partial charge is 0.457 e. The number of rotatable bonds is 3. The van der Waals surface area contributed by atoms with Gasteiger partial charge in [-0.2, -0.15) is 0 Å². The molecule has 0 saturated carbocycles. The number of nitrogens with zero attached hydrogens (tertiary/aromatic N) is 1. The number of thiocarbonyl (C=S) groups is 1. The molecule has 4 rings (SSSR count). The highest BCUT2D eigenvalue weighted by Crippen LogP contribution is 2.37. The molecule has 2 aliphatic rings. The predicted molar refractivity (Wildman–Crippen MR) is 111 cm³/mol. The molecule has 5 nitrogen and oxygen atoms in total. The van der Waals surface area contributed by atoms with E-state index in [4.69, 9.17) is 28.2 Å². The standard InChI is InChI=1S/C18H14ClNO4S3/c19-12-3-1-11(2-4-12)15-6-5-14(24-15)9-16-17(21)20(18(25)26-16)13-7-8-27(22,23)10-13/h1-6,9,13H,7-8,10H2/b16-9-/t13-/m1/s1. The molecule has 1 aromatic heterocycles. The minimum atomic E-state index is -3.10. The zero-order valence-electron chi connectivity index (χ0n) is 13.9. The van der Waals surface area contributed by atoms with Crippen molar-refractivity contribution < 1.29 is 17.6 Å². The van der Waals surface area contributed by atoms with Crippen LogP contribution >= 0.6 is 35.6 Å². The Kier molecular flexibility index (Phi) is 4.92. The summed E-state index contributed by atoms with van der Waals surface area (Å²) in [6.07, 6.45) is 2.06. The van der Waals surface area contributed by atoms with Crippen LogP contribution in [0.4, 0.5) is 0 Å². The second kappa shape index (κ2) is 7.09. The lowest BCUT2D eigenvalue weighted by atomic mass is 10.2. The molecule has 0 aliphatic carbocycles. The molecule has 2 fully saturated rings. The summed E-state index contributed by atoms with van der Waals surface area (Å²) in [6.45, 7) is 0. The Morgan fingerprint density at radius 1 is 1.22 bits per heavy atom. The minimum Gasteiger partial charge on any atom is -0.457 e. The second-order valence-electron chi connectivity index (χ2n) is 6.32. The van der Waals surface area contributed by atoms with Crippen molar-refractivity contribution in [1.29, 1.82) is 0 Å². The van der Waals surface area contributed by atoms with Gasteiger partial charge in [-0.05, 0) is 42.8 Å². The Balaban J connectivity index is 1.56. The fourth-order valence-corrected chi connectivity index (χ4v) is 6.31. The maximum atomic E-state index is 12.7. The van der Waals surface area contributed by atoms with Crippen LogP contribution in [0.5, 0.6) is 0 Å². The molecule has 2 aliphatic heterocycles. The molecule has 0 radical (unpaired) electrons. The molecule has 1 amide bonds. The summed E-state index contributed by atoms with van der Waals surface area (Å²) in [4.78, 5) is 14.6. The van der Waals surface area contributed by atoms with Crippen LogP contribution in [0, 0.1) is 0 Å². The summed E-state index contributed by atoms with van der Waals surface area (Å²) in [5.74, 6) is 0.983. The van der Waals surface area contributed by atoms with Gasteiger partial charge in [-0.25, -0.2) is 8.42 Å². The van der Waals surface area contributed by atoms with Gasteiger partial charge in [0.1, 0.15) is 15.8 Å². The van der Waals surface area contributed by atoms with Crippen molar-refractivity contribution in [3.05, 3.63) is 52.1 Å². The first-order valence-electron chi connectivity index (χ1n) is 8.16. The number of halogens is 1. The van der Waals surface area contributed by atoms with Gasteiger partial charge in [0.25, 0.3) is 5.91 Å². The van der Waals surface area contributed by atoms with Crippen LogP contribution in [-0.4, -0.2) is 41.1 Å². The number of amides is 1. The summed E-state index contributed by atoms with van der Waals surface area (Å²) in [7, 11) is -3.10. The third kappa shape index (κ3) is 3.85. The van der Waals surface area contributed by atoms with Crippen LogP contribution in [0.2, 0.25) is 5.02 Å². The molecule has 0 unspecified atom stereocenters. The quantitative estimate of drug-likeness (QED) is 0.532. The molecule has 27 heavy (non-hydrogen) atoms. The van der Waals surface area contributed by atoms with Gasteiger partial charge >= 0.3 is 0 Å². The van der Waals surface area contributed by atoms with E-state index in [0.29, 0.717) is 32.2 Å². The van der Waals surface area contributed by atoms with E-state index in [0.717, 1.165) is 5.56 Å². The maximum absolute atomic E-state index is 12.7. The van der Waals surface area contributed by atoms with Crippen molar-refractivity contribution in [3.8, 4) is 11.3 Å². The number of thioether (sulfide) groups is 1. The van der Waals surface area contributed by atoms with E-state index in [1.54, 1.807) is 24.3 Å². The summed E-state index contributed by atoms with van der Waals surface area (Å²) in [5.41, 5.74) is 0.878. The summed E-state index contributed by atoms with van der Waals surface area (Å²) < 4.78 is 29.6. The van der Waals surface area contributed by atoms with E-state index in [1.165, 1.54) is 16.7 Å². The Labute approximate surface area is 171 Å². The van der Waals surface area contributed by atoms with Crippen LogP contribution in [0.15, 0.2) is 45.7 Å². The first-order chi connectivity index (χ1) is 12.8. The van der Waals surface area contributed by atoms with Crippen molar-refractivity contribution in [3.63, 3.8) is 0 Å². The third-order valence-corrected chi connectivity index (χ3v) is 7.76. The van der Waals surface area contributed by atoms with E-state index < -0.39 is 9.84 Å². The lowest BCUT2D eigenvalue weighted by Gasteiger charge is -2.20. The predicted octanol–water partition coefficient (Wildman–Crippen LogP) is 3.99. The first-order valence-corrected chi connectivity index (χ1v) is 11.6. The van der Waals surface area contributed by atoms with Crippen molar-refractivity contribution in [1.82, 2.24) is 4.90 Å². The first kappa shape index (κ1) is 18.7. The van der Waals surface area contributed by atoms with Gasteiger partial charge in [-0.3, -0.25) is 9.69 Å². The molecule has 0 N–H and O–H groups in total. The molecule has 1 atom stereocenters. The average Bonchev–Trinajstić information content (AvgIpc) is 3.28. The van der Waals surface area contributed by atoms with Gasteiger partial charge in [-0.1, -0.05) is 35.6 Å². The average molecular weight is 440 g/mol. The number of carbonyl (C=O) groups is 1. The highest BCUT2D eigenvalue weighted by Gasteiger charge is 2.42. The molecule has 2 aromatic rings. The summed E-state index contributed by atoms with van der Waals surface area (Å²) in [6, 6.07) is 10.5. The monoisotopic (exact) mass is 439 g/mol. The van der Waals surface area contributed by atoms with Crippen molar-refractivity contribution in [2.45, 2.75) is 12.5 Å². The van der Waals surface area contributed by atoms with E-state index in [1.807, 2.05) is 18.2 Å². The van der Waals surface area contributed by atoms with E-state index in [2.05, 4.69) is 0 Å². The maximum Gasteiger partial charge on any atom is 0.266 e. The molecule has 0 bridgehead atoms. The number of benzene rings is 1. The Bertz CT molecular complexity index is 1060. The molecular formula is C18H14ClNO4S3. The number of hydrogen-bond acceptors (Lipinski definition) is 6.